The predicted molar refractivity (Wildman–Crippen MR) is 73.1 cm³/mol. The van der Waals surface area contributed by atoms with Crippen molar-refractivity contribution in [2.45, 2.75) is 32.7 Å². The van der Waals surface area contributed by atoms with Crippen molar-refractivity contribution in [2.75, 3.05) is 18.1 Å². The number of nitrogens with zero attached hydrogens (tertiary/aromatic N) is 1. The summed E-state index contributed by atoms with van der Waals surface area (Å²) in [5.41, 5.74) is 1.93. The van der Waals surface area contributed by atoms with Crippen LogP contribution in [0.3, 0.4) is 0 Å². The maximum absolute atomic E-state index is 11.3. The van der Waals surface area contributed by atoms with Crippen LogP contribution < -0.4 is 4.90 Å². The number of carbonyl (C=O) groups excluding carboxylic acids is 1. The molecule has 3 heteroatoms. The quantitative estimate of drug-likeness (QED) is 0.834. The number of aliphatic hydroxyl groups is 1. The van der Waals surface area contributed by atoms with E-state index in [0.717, 1.165) is 24.2 Å². The molecule has 98 valence electrons. The molecule has 0 aromatic heterocycles. The second kappa shape index (κ2) is 4.73. The Morgan fingerprint density at radius 1 is 1.39 bits per heavy atom. The number of hydrogen-bond donors (Lipinski definition) is 1. The smallest absolute Gasteiger partial charge is 0.159 e. The highest BCUT2D eigenvalue weighted by atomic mass is 16.3. The largest absolute Gasteiger partial charge is 0.396 e. The summed E-state index contributed by atoms with van der Waals surface area (Å²) in [6, 6.07) is 7.75. The number of carbonyl (C=O) groups is 1. The third-order valence-electron chi connectivity index (χ3n) is 3.80. The Hall–Kier alpha value is -1.35. The van der Waals surface area contributed by atoms with Gasteiger partial charge in [0.05, 0.1) is 0 Å². The van der Waals surface area contributed by atoms with Crippen molar-refractivity contribution in [1.82, 2.24) is 0 Å². The fourth-order valence-electron chi connectivity index (χ4n) is 2.84. The first kappa shape index (κ1) is 13.1. The van der Waals surface area contributed by atoms with Gasteiger partial charge in [-0.2, -0.15) is 0 Å². The molecule has 1 atom stereocenters. The van der Waals surface area contributed by atoms with Gasteiger partial charge in [0.2, 0.25) is 0 Å². The minimum absolute atomic E-state index is 0.0607. The van der Waals surface area contributed by atoms with Crippen LogP contribution in [-0.4, -0.2) is 29.6 Å². The van der Waals surface area contributed by atoms with Crippen LogP contribution in [0.15, 0.2) is 24.3 Å². The summed E-state index contributed by atoms with van der Waals surface area (Å²) in [5.74, 6) is 0.433. The van der Waals surface area contributed by atoms with Crippen molar-refractivity contribution in [3.63, 3.8) is 0 Å². The van der Waals surface area contributed by atoms with E-state index in [2.05, 4.69) is 18.7 Å². The maximum Gasteiger partial charge on any atom is 0.159 e. The average Bonchev–Trinajstić information content (AvgIpc) is 2.64. The molecule has 3 nitrogen and oxygen atoms in total. The Morgan fingerprint density at radius 2 is 2.00 bits per heavy atom. The van der Waals surface area contributed by atoms with E-state index >= 15 is 0 Å². The molecule has 1 aromatic rings. The number of hydrogen-bond acceptors (Lipinski definition) is 3. The van der Waals surface area contributed by atoms with Gasteiger partial charge in [-0.25, -0.2) is 0 Å². The van der Waals surface area contributed by atoms with Crippen LogP contribution in [0, 0.1) is 5.92 Å². The number of rotatable bonds is 3. The van der Waals surface area contributed by atoms with Gasteiger partial charge < -0.3 is 10.0 Å². The second-order valence-corrected chi connectivity index (χ2v) is 5.78. The normalized spacial score (nSPS) is 22.2. The Labute approximate surface area is 108 Å². The van der Waals surface area contributed by atoms with Crippen molar-refractivity contribution in [3.05, 3.63) is 29.8 Å². The molecule has 1 aromatic carbocycles. The van der Waals surface area contributed by atoms with Crippen molar-refractivity contribution in [2.24, 2.45) is 5.92 Å². The first-order valence-corrected chi connectivity index (χ1v) is 6.43. The lowest BCUT2D eigenvalue weighted by Crippen LogP contribution is -2.38. The molecule has 1 aliphatic rings. The van der Waals surface area contributed by atoms with Crippen LogP contribution in [0.25, 0.3) is 0 Å². The number of Topliss-reactive ketones (excluding diaryl/α,β-unsaturated/α-hetero) is 1. The van der Waals surface area contributed by atoms with Gasteiger partial charge in [-0.05, 0) is 51.5 Å². The third-order valence-corrected chi connectivity index (χ3v) is 3.80. The molecule has 0 saturated carbocycles. The molecule has 2 rings (SSSR count). The highest BCUT2D eigenvalue weighted by molar-refractivity contribution is 5.94. The zero-order valence-electron chi connectivity index (χ0n) is 11.3. The highest BCUT2D eigenvalue weighted by Gasteiger charge is 2.37. The van der Waals surface area contributed by atoms with Crippen LogP contribution in [0.4, 0.5) is 5.69 Å². The first-order chi connectivity index (χ1) is 8.44. The van der Waals surface area contributed by atoms with E-state index in [1.54, 1.807) is 6.92 Å². The van der Waals surface area contributed by atoms with E-state index < -0.39 is 0 Å². The molecule has 1 saturated heterocycles. The van der Waals surface area contributed by atoms with Gasteiger partial charge in [0.15, 0.2) is 5.78 Å². The molecule has 1 N–H and O–H groups in total. The molecule has 1 heterocycles. The minimum atomic E-state index is 0.0607. The van der Waals surface area contributed by atoms with Crippen LogP contribution in [0.1, 0.15) is 37.6 Å². The molecule has 1 aliphatic heterocycles. The third kappa shape index (κ3) is 2.41. The van der Waals surface area contributed by atoms with Crippen LogP contribution >= 0.6 is 0 Å². The van der Waals surface area contributed by atoms with E-state index in [0.29, 0.717) is 5.92 Å². The standard InChI is InChI=1S/C15H21NO2/c1-11(18)13-4-6-14(7-5-13)16-9-12(10-17)8-15(16,2)3/h4-7,12,17H,8-10H2,1-3H3. The molecule has 1 unspecified atom stereocenters. The van der Waals surface area contributed by atoms with Crippen LogP contribution in [0.2, 0.25) is 0 Å². The molecule has 0 bridgehead atoms. The highest BCUT2D eigenvalue weighted by Crippen LogP contribution is 2.36. The summed E-state index contributed by atoms with van der Waals surface area (Å²) < 4.78 is 0. The van der Waals surface area contributed by atoms with E-state index in [-0.39, 0.29) is 17.9 Å². The Morgan fingerprint density at radius 3 is 2.44 bits per heavy atom. The molecule has 0 aliphatic carbocycles. The van der Waals surface area contributed by atoms with Crippen molar-refractivity contribution >= 4 is 11.5 Å². The van der Waals surface area contributed by atoms with Crippen molar-refractivity contribution < 1.29 is 9.90 Å². The zero-order valence-corrected chi connectivity index (χ0v) is 11.3. The molecule has 1 fully saturated rings. The molecular weight excluding hydrogens is 226 g/mol. The monoisotopic (exact) mass is 247 g/mol. The van der Waals surface area contributed by atoms with Gasteiger partial charge in [-0.15, -0.1) is 0 Å². The fourth-order valence-corrected chi connectivity index (χ4v) is 2.84. The molecule has 0 spiro atoms. The van der Waals surface area contributed by atoms with E-state index in [9.17, 15) is 9.90 Å². The molecule has 0 amide bonds. The maximum atomic E-state index is 11.3. The SMILES string of the molecule is CC(=O)c1ccc(N2CC(CO)CC2(C)C)cc1. The number of aliphatic hydroxyl groups excluding tert-OH is 1. The summed E-state index contributed by atoms with van der Waals surface area (Å²) in [6.07, 6.45) is 0.998. The topological polar surface area (TPSA) is 40.5 Å². The molecular formula is C15H21NO2. The van der Waals surface area contributed by atoms with Gasteiger partial charge in [-0.3, -0.25) is 4.79 Å². The van der Waals surface area contributed by atoms with Gasteiger partial charge in [0, 0.05) is 35.9 Å². The molecule has 0 radical (unpaired) electrons. The fraction of sp³-hybridized carbons (Fsp3) is 0.533. The lowest BCUT2D eigenvalue weighted by atomic mass is 9.96. The van der Waals surface area contributed by atoms with Crippen molar-refractivity contribution in [3.8, 4) is 0 Å². The Kier molecular flexibility index (Phi) is 3.44. The summed E-state index contributed by atoms with van der Waals surface area (Å²) in [5, 5.41) is 9.31. The molecule has 18 heavy (non-hydrogen) atoms. The van der Waals surface area contributed by atoms with Gasteiger partial charge in [0.1, 0.15) is 0 Å². The second-order valence-electron chi connectivity index (χ2n) is 5.78. The van der Waals surface area contributed by atoms with Crippen LogP contribution in [0.5, 0.6) is 0 Å². The number of anilines is 1. The van der Waals surface area contributed by atoms with E-state index in [4.69, 9.17) is 0 Å². The van der Waals surface area contributed by atoms with Gasteiger partial charge in [0.25, 0.3) is 0 Å². The Bertz CT molecular complexity index is 436. The lowest BCUT2D eigenvalue weighted by Gasteiger charge is -2.33. The van der Waals surface area contributed by atoms with Crippen LogP contribution in [-0.2, 0) is 0 Å². The van der Waals surface area contributed by atoms with E-state index in [1.807, 2.05) is 24.3 Å². The van der Waals surface area contributed by atoms with Gasteiger partial charge in [-0.1, -0.05) is 0 Å². The summed E-state index contributed by atoms with van der Waals surface area (Å²) in [6.45, 7) is 7.09. The number of benzene rings is 1. The lowest BCUT2D eigenvalue weighted by molar-refractivity contribution is 0.101. The minimum Gasteiger partial charge on any atom is -0.396 e. The van der Waals surface area contributed by atoms with E-state index in [1.165, 1.54) is 0 Å². The van der Waals surface area contributed by atoms with Gasteiger partial charge >= 0.3 is 0 Å². The summed E-state index contributed by atoms with van der Waals surface area (Å²) in [4.78, 5) is 13.6. The summed E-state index contributed by atoms with van der Waals surface area (Å²) in [7, 11) is 0. The Balaban J connectivity index is 2.23. The van der Waals surface area contributed by atoms with Crippen molar-refractivity contribution in [1.29, 1.82) is 0 Å². The average molecular weight is 247 g/mol. The summed E-state index contributed by atoms with van der Waals surface area (Å²) >= 11 is 0. The zero-order chi connectivity index (χ0) is 13.3. The predicted octanol–water partition coefficient (Wildman–Crippen LogP) is 2.49. The first-order valence-electron chi connectivity index (χ1n) is 6.43. The number of ketones is 1.